The number of hydrogen-bond donors (Lipinski definition) is 4. The van der Waals surface area contributed by atoms with Crippen LogP contribution in [0.15, 0.2) is 0 Å². The van der Waals surface area contributed by atoms with Gasteiger partial charge >= 0.3 is 12.0 Å². The first-order valence-electron chi connectivity index (χ1n) is 2.06. The normalized spacial score (nSPS) is 8.11. The van der Waals surface area contributed by atoms with E-state index in [0.717, 1.165) is 0 Å². The number of aliphatic carboxylic acids is 1. The summed E-state index contributed by atoms with van der Waals surface area (Å²) in [5, 5.41) is 17.6. The molecular formula is C3H6N2O4. The number of carbonyl (C=O) groups is 2. The van der Waals surface area contributed by atoms with E-state index in [1.165, 1.54) is 5.48 Å². The van der Waals surface area contributed by atoms with Gasteiger partial charge in [-0.1, -0.05) is 0 Å². The van der Waals surface area contributed by atoms with Gasteiger partial charge in [0.05, 0.1) is 0 Å². The summed E-state index contributed by atoms with van der Waals surface area (Å²) in [7, 11) is 0. The Morgan fingerprint density at radius 3 is 2.33 bits per heavy atom. The Labute approximate surface area is 50.4 Å². The zero-order chi connectivity index (χ0) is 7.28. The maximum Gasteiger partial charge on any atom is 0.339 e. The van der Waals surface area contributed by atoms with Gasteiger partial charge in [0.2, 0.25) is 0 Å². The number of hydroxylamine groups is 1. The van der Waals surface area contributed by atoms with Crippen molar-refractivity contribution in [3.8, 4) is 0 Å². The number of hydrogen-bond acceptors (Lipinski definition) is 3. The summed E-state index contributed by atoms with van der Waals surface area (Å²) in [5.74, 6) is -1.17. The van der Waals surface area contributed by atoms with E-state index in [9.17, 15) is 9.59 Å². The largest absolute Gasteiger partial charge is 0.480 e. The second kappa shape index (κ2) is 3.67. The lowest BCUT2D eigenvalue weighted by Crippen LogP contribution is -2.36. The van der Waals surface area contributed by atoms with Crippen LogP contribution in [0, 0.1) is 0 Å². The van der Waals surface area contributed by atoms with Crippen molar-refractivity contribution in [2.24, 2.45) is 0 Å². The molecule has 6 nitrogen and oxygen atoms in total. The average molecular weight is 134 g/mol. The molecule has 0 unspecified atom stereocenters. The summed E-state index contributed by atoms with van der Waals surface area (Å²) in [6.07, 6.45) is 0. The molecule has 0 aliphatic heterocycles. The SMILES string of the molecule is O=C(O)CNC(=O)NO. The van der Waals surface area contributed by atoms with E-state index < -0.39 is 18.5 Å². The van der Waals surface area contributed by atoms with Crippen molar-refractivity contribution in [3.63, 3.8) is 0 Å². The molecule has 0 rings (SSSR count). The van der Waals surface area contributed by atoms with Crippen LogP contribution in [0.2, 0.25) is 0 Å². The maximum atomic E-state index is 9.98. The van der Waals surface area contributed by atoms with Crippen LogP contribution in [0.25, 0.3) is 0 Å². The predicted octanol–water partition coefficient (Wildman–Crippen LogP) is -1.24. The van der Waals surface area contributed by atoms with Crippen molar-refractivity contribution < 1.29 is 19.9 Å². The van der Waals surface area contributed by atoms with E-state index in [-0.39, 0.29) is 0 Å². The Morgan fingerprint density at radius 2 is 2.00 bits per heavy atom. The fourth-order valence-electron chi connectivity index (χ4n) is 0.195. The van der Waals surface area contributed by atoms with Crippen LogP contribution in [0.1, 0.15) is 0 Å². The van der Waals surface area contributed by atoms with Crippen LogP contribution in [0.3, 0.4) is 0 Å². The molecule has 0 fully saturated rings. The van der Waals surface area contributed by atoms with Crippen LogP contribution in [0.5, 0.6) is 0 Å². The molecule has 0 aromatic rings. The molecule has 0 spiro atoms. The highest BCUT2D eigenvalue weighted by Gasteiger charge is 1.98. The molecular weight excluding hydrogens is 128 g/mol. The monoisotopic (exact) mass is 134 g/mol. The minimum atomic E-state index is -1.17. The number of urea groups is 1. The van der Waals surface area contributed by atoms with Gasteiger partial charge in [-0.15, -0.1) is 0 Å². The fraction of sp³-hybridized carbons (Fsp3) is 0.333. The van der Waals surface area contributed by atoms with Gasteiger partial charge in [0.15, 0.2) is 0 Å². The number of carbonyl (C=O) groups excluding carboxylic acids is 1. The van der Waals surface area contributed by atoms with Crippen molar-refractivity contribution in [2.45, 2.75) is 0 Å². The first-order valence-corrected chi connectivity index (χ1v) is 2.06. The lowest BCUT2D eigenvalue weighted by atomic mass is 10.7. The maximum absolute atomic E-state index is 9.98. The Bertz CT molecular complexity index is 123. The van der Waals surface area contributed by atoms with E-state index in [4.69, 9.17) is 10.3 Å². The molecule has 0 aromatic carbocycles. The van der Waals surface area contributed by atoms with E-state index in [2.05, 4.69) is 0 Å². The lowest BCUT2D eigenvalue weighted by Gasteiger charge is -1.96. The summed E-state index contributed by atoms with van der Waals surface area (Å²) in [6.45, 7) is -0.508. The molecule has 0 bridgehead atoms. The zero-order valence-electron chi connectivity index (χ0n) is 4.42. The van der Waals surface area contributed by atoms with E-state index >= 15 is 0 Å². The zero-order valence-corrected chi connectivity index (χ0v) is 4.42. The summed E-state index contributed by atoms with van der Waals surface area (Å²) in [4.78, 5) is 19.7. The van der Waals surface area contributed by atoms with Crippen LogP contribution in [-0.2, 0) is 4.79 Å². The minimum absolute atomic E-state index is 0.508. The van der Waals surface area contributed by atoms with Crippen molar-refractivity contribution >= 4 is 12.0 Å². The number of amides is 2. The smallest absolute Gasteiger partial charge is 0.339 e. The molecule has 0 saturated heterocycles. The van der Waals surface area contributed by atoms with Gasteiger partial charge in [0, 0.05) is 0 Å². The first kappa shape index (κ1) is 7.70. The fourth-order valence-corrected chi connectivity index (χ4v) is 0.195. The van der Waals surface area contributed by atoms with E-state index in [1.807, 2.05) is 5.32 Å². The minimum Gasteiger partial charge on any atom is -0.480 e. The molecule has 0 aromatic heterocycles. The molecule has 0 aliphatic rings. The third kappa shape index (κ3) is 4.56. The van der Waals surface area contributed by atoms with Gasteiger partial charge in [-0.05, 0) is 0 Å². The highest BCUT2D eigenvalue weighted by atomic mass is 16.5. The average Bonchev–Trinajstić information content (AvgIpc) is 1.83. The second-order valence-electron chi connectivity index (χ2n) is 1.19. The van der Waals surface area contributed by atoms with Crippen molar-refractivity contribution in [1.82, 2.24) is 10.8 Å². The predicted molar refractivity (Wildman–Crippen MR) is 26.0 cm³/mol. The van der Waals surface area contributed by atoms with Gasteiger partial charge < -0.3 is 10.4 Å². The van der Waals surface area contributed by atoms with Crippen LogP contribution in [0.4, 0.5) is 4.79 Å². The standard InChI is InChI=1S/C3H6N2O4/c6-2(7)1-4-3(8)5-9/h9H,1H2,(H,6,7)(H2,4,5,8). The second-order valence-corrected chi connectivity index (χ2v) is 1.19. The quantitative estimate of drug-likeness (QED) is 0.280. The van der Waals surface area contributed by atoms with Gasteiger partial charge in [0.25, 0.3) is 0 Å². The summed E-state index contributed by atoms with van der Waals surface area (Å²) < 4.78 is 0. The molecule has 52 valence electrons. The van der Waals surface area contributed by atoms with Crippen LogP contribution >= 0.6 is 0 Å². The van der Waals surface area contributed by atoms with Crippen molar-refractivity contribution in [2.75, 3.05) is 6.54 Å². The highest BCUT2D eigenvalue weighted by molar-refractivity contribution is 5.78. The molecule has 0 heterocycles. The van der Waals surface area contributed by atoms with Gasteiger partial charge in [-0.25, -0.2) is 10.3 Å². The Morgan fingerprint density at radius 1 is 1.44 bits per heavy atom. The van der Waals surface area contributed by atoms with Crippen LogP contribution in [-0.4, -0.2) is 28.9 Å². The van der Waals surface area contributed by atoms with Gasteiger partial charge in [0.1, 0.15) is 6.54 Å². The summed E-state index contributed by atoms with van der Waals surface area (Å²) in [5.41, 5.74) is 1.21. The third-order valence-corrected chi connectivity index (χ3v) is 0.502. The van der Waals surface area contributed by atoms with Crippen LogP contribution < -0.4 is 10.8 Å². The molecule has 2 amide bonds. The Kier molecular flexibility index (Phi) is 3.14. The molecule has 0 aliphatic carbocycles. The van der Waals surface area contributed by atoms with Gasteiger partial charge in [-0.2, -0.15) is 0 Å². The number of nitrogens with one attached hydrogen (secondary N) is 2. The number of rotatable bonds is 2. The first-order chi connectivity index (χ1) is 4.16. The Balaban J connectivity index is 3.28. The van der Waals surface area contributed by atoms with Crippen molar-refractivity contribution in [3.05, 3.63) is 0 Å². The number of carboxylic acid groups (broad SMARTS) is 1. The highest BCUT2D eigenvalue weighted by Crippen LogP contribution is 1.60. The lowest BCUT2D eigenvalue weighted by molar-refractivity contribution is -0.135. The summed E-state index contributed by atoms with van der Waals surface area (Å²) >= 11 is 0. The Hall–Kier alpha value is -1.30. The molecule has 6 heteroatoms. The van der Waals surface area contributed by atoms with Gasteiger partial charge in [-0.3, -0.25) is 10.0 Å². The molecule has 9 heavy (non-hydrogen) atoms. The van der Waals surface area contributed by atoms with E-state index in [0.29, 0.717) is 0 Å². The molecule has 0 saturated carbocycles. The van der Waals surface area contributed by atoms with Crippen molar-refractivity contribution in [1.29, 1.82) is 0 Å². The molecule has 0 radical (unpaired) electrons. The topological polar surface area (TPSA) is 98.7 Å². The molecule has 4 N–H and O–H groups in total. The third-order valence-electron chi connectivity index (χ3n) is 0.502. The van der Waals surface area contributed by atoms with E-state index in [1.54, 1.807) is 0 Å². The summed E-state index contributed by atoms with van der Waals surface area (Å²) in [6, 6.07) is -0.933. The molecule has 0 atom stereocenters. The number of carboxylic acids is 1.